The Hall–Kier alpha value is -1.62. The van der Waals surface area contributed by atoms with Crippen LogP contribution in [0.3, 0.4) is 0 Å². The molecule has 1 saturated carbocycles. The van der Waals surface area contributed by atoms with Crippen molar-refractivity contribution in [3.05, 3.63) is 23.5 Å². The molecule has 5 heteroatoms. The molecule has 0 spiro atoms. The highest BCUT2D eigenvalue weighted by Crippen LogP contribution is 2.49. The summed E-state index contributed by atoms with van der Waals surface area (Å²) in [6, 6.07) is 0. The van der Waals surface area contributed by atoms with Crippen molar-refractivity contribution in [1.82, 2.24) is 0 Å². The number of hydrogen-bond donors (Lipinski definition) is 2. The smallest absolute Gasteiger partial charge is 0.303 e. The second-order valence-corrected chi connectivity index (χ2v) is 5.48. The fourth-order valence-electron chi connectivity index (χ4n) is 2.93. The Kier molecular flexibility index (Phi) is 3.26. The summed E-state index contributed by atoms with van der Waals surface area (Å²) < 4.78 is 5.18. The standard InChI is InChI=1S/C14H18O5/c1-7-13(19-8(2)15)11(17)5-9-4-10(16)12(18)6-14(7,9)3/h4,6-7,11,13,17-18H,5H2,1-3H3. The van der Waals surface area contributed by atoms with Crippen molar-refractivity contribution in [2.24, 2.45) is 11.3 Å². The third-order valence-electron chi connectivity index (χ3n) is 4.24. The van der Waals surface area contributed by atoms with Gasteiger partial charge in [0.15, 0.2) is 5.76 Å². The van der Waals surface area contributed by atoms with Crippen LogP contribution in [0.2, 0.25) is 0 Å². The van der Waals surface area contributed by atoms with Crippen LogP contribution < -0.4 is 0 Å². The molecule has 0 heterocycles. The molecule has 0 bridgehead atoms. The van der Waals surface area contributed by atoms with Gasteiger partial charge in [0, 0.05) is 18.3 Å². The van der Waals surface area contributed by atoms with Crippen LogP contribution in [0.25, 0.3) is 0 Å². The third-order valence-corrected chi connectivity index (χ3v) is 4.24. The summed E-state index contributed by atoms with van der Waals surface area (Å²) in [7, 11) is 0. The van der Waals surface area contributed by atoms with Gasteiger partial charge in [0.1, 0.15) is 6.10 Å². The van der Waals surface area contributed by atoms with Crippen molar-refractivity contribution in [2.45, 2.75) is 39.4 Å². The minimum absolute atomic E-state index is 0.235. The van der Waals surface area contributed by atoms with Gasteiger partial charge in [-0.15, -0.1) is 0 Å². The molecule has 5 nitrogen and oxygen atoms in total. The Bertz CT molecular complexity index is 490. The van der Waals surface area contributed by atoms with E-state index in [1.54, 1.807) is 0 Å². The minimum atomic E-state index is -0.834. The van der Waals surface area contributed by atoms with Gasteiger partial charge >= 0.3 is 5.97 Å². The number of rotatable bonds is 1. The highest BCUT2D eigenvalue weighted by atomic mass is 16.6. The van der Waals surface area contributed by atoms with Gasteiger partial charge in [-0.25, -0.2) is 0 Å². The number of aliphatic hydroxyl groups is 2. The summed E-state index contributed by atoms with van der Waals surface area (Å²) in [5.74, 6) is -1.43. The molecule has 0 amide bonds. The molecule has 0 radical (unpaired) electrons. The fraction of sp³-hybridized carbons (Fsp3) is 0.571. The van der Waals surface area contributed by atoms with Crippen LogP contribution in [0, 0.1) is 11.3 Å². The van der Waals surface area contributed by atoms with E-state index in [4.69, 9.17) is 4.74 Å². The summed E-state index contributed by atoms with van der Waals surface area (Å²) in [6.07, 6.45) is 1.65. The maximum atomic E-state index is 11.5. The molecule has 1 fully saturated rings. The zero-order valence-electron chi connectivity index (χ0n) is 11.2. The van der Waals surface area contributed by atoms with E-state index in [0.717, 1.165) is 5.57 Å². The number of allylic oxidation sites excluding steroid dienone is 2. The first-order valence-electron chi connectivity index (χ1n) is 6.28. The van der Waals surface area contributed by atoms with Gasteiger partial charge in [0.2, 0.25) is 5.78 Å². The lowest BCUT2D eigenvalue weighted by Gasteiger charge is -2.47. The molecular formula is C14H18O5. The molecule has 104 valence electrons. The molecule has 2 aliphatic carbocycles. The minimum Gasteiger partial charge on any atom is -0.504 e. The van der Waals surface area contributed by atoms with E-state index in [-0.39, 0.29) is 18.1 Å². The van der Waals surface area contributed by atoms with Gasteiger partial charge in [0.05, 0.1) is 6.10 Å². The maximum Gasteiger partial charge on any atom is 0.303 e. The average Bonchev–Trinajstić information content (AvgIpc) is 2.30. The first kappa shape index (κ1) is 13.8. The molecule has 0 aromatic carbocycles. The average molecular weight is 266 g/mol. The van der Waals surface area contributed by atoms with Crippen molar-refractivity contribution in [1.29, 1.82) is 0 Å². The van der Waals surface area contributed by atoms with E-state index in [0.29, 0.717) is 0 Å². The van der Waals surface area contributed by atoms with Gasteiger partial charge < -0.3 is 14.9 Å². The Labute approximate surface area is 111 Å². The number of aliphatic hydroxyl groups excluding tert-OH is 2. The number of carbonyl (C=O) groups excluding carboxylic acids is 2. The summed E-state index contributed by atoms with van der Waals surface area (Å²) in [4.78, 5) is 22.6. The van der Waals surface area contributed by atoms with Crippen LogP contribution in [0.1, 0.15) is 27.2 Å². The van der Waals surface area contributed by atoms with Crippen LogP contribution in [-0.4, -0.2) is 34.2 Å². The summed E-state index contributed by atoms with van der Waals surface area (Å²) in [5.41, 5.74) is 0.177. The Morgan fingerprint density at radius 2 is 2.16 bits per heavy atom. The van der Waals surface area contributed by atoms with Crippen LogP contribution in [-0.2, 0) is 14.3 Å². The highest BCUT2D eigenvalue weighted by Gasteiger charge is 2.49. The monoisotopic (exact) mass is 266 g/mol. The zero-order valence-corrected chi connectivity index (χ0v) is 11.2. The molecule has 4 unspecified atom stereocenters. The second-order valence-electron chi connectivity index (χ2n) is 5.48. The summed E-state index contributed by atoms with van der Waals surface area (Å²) in [6.45, 7) is 5.00. The van der Waals surface area contributed by atoms with Crippen molar-refractivity contribution in [2.75, 3.05) is 0 Å². The Balaban J connectivity index is 2.39. The molecular weight excluding hydrogens is 248 g/mol. The van der Waals surface area contributed by atoms with Gasteiger partial charge in [-0.2, -0.15) is 0 Å². The maximum absolute atomic E-state index is 11.5. The van der Waals surface area contributed by atoms with E-state index in [9.17, 15) is 19.8 Å². The first-order chi connectivity index (χ1) is 8.75. The molecule has 19 heavy (non-hydrogen) atoms. The Morgan fingerprint density at radius 3 is 2.74 bits per heavy atom. The van der Waals surface area contributed by atoms with E-state index in [1.165, 1.54) is 19.1 Å². The lowest BCUT2D eigenvalue weighted by Crippen LogP contribution is -2.50. The second kappa shape index (κ2) is 4.49. The van der Waals surface area contributed by atoms with Gasteiger partial charge in [-0.3, -0.25) is 9.59 Å². The van der Waals surface area contributed by atoms with Gasteiger partial charge in [-0.05, 0) is 18.6 Å². The first-order valence-corrected chi connectivity index (χ1v) is 6.28. The van der Waals surface area contributed by atoms with E-state index in [2.05, 4.69) is 0 Å². The SMILES string of the molecule is CC(=O)OC1C(O)CC2=CC(=O)C(O)=CC2(C)C1C. The predicted molar refractivity (Wildman–Crippen MR) is 67.3 cm³/mol. The molecule has 0 aromatic rings. The lowest BCUT2D eigenvalue weighted by molar-refractivity contribution is -0.162. The van der Waals surface area contributed by atoms with E-state index in [1.807, 2.05) is 13.8 Å². The van der Waals surface area contributed by atoms with Crippen LogP contribution in [0.4, 0.5) is 0 Å². The number of ether oxygens (including phenoxy) is 1. The topological polar surface area (TPSA) is 83.8 Å². The molecule has 0 aromatic heterocycles. The van der Waals surface area contributed by atoms with Crippen molar-refractivity contribution < 1.29 is 24.5 Å². The van der Waals surface area contributed by atoms with Crippen LogP contribution >= 0.6 is 0 Å². The normalized spacial score (nSPS) is 38.1. The molecule has 2 rings (SSSR count). The van der Waals surface area contributed by atoms with Crippen molar-refractivity contribution in [3.63, 3.8) is 0 Å². The number of ketones is 1. The predicted octanol–water partition coefficient (Wildman–Crippen LogP) is 1.28. The molecule has 2 aliphatic rings. The number of esters is 1. The quantitative estimate of drug-likeness (QED) is 0.698. The van der Waals surface area contributed by atoms with Gasteiger partial charge in [0.25, 0.3) is 0 Å². The Morgan fingerprint density at radius 1 is 1.53 bits per heavy atom. The molecule has 4 atom stereocenters. The van der Waals surface area contributed by atoms with E-state index < -0.39 is 29.4 Å². The van der Waals surface area contributed by atoms with Crippen molar-refractivity contribution in [3.8, 4) is 0 Å². The number of hydrogen-bond acceptors (Lipinski definition) is 5. The third kappa shape index (κ3) is 2.18. The number of carbonyl (C=O) groups is 2. The molecule has 0 saturated heterocycles. The van der Waals surface area contributed by atoms with E-state index >= 15 is 0 Å². The molecule has 0 aliphatic heterocycles. The summed E-state index contributed by atoms with van der Waals surface area (Å²) >= 11 is 0. The lowest BCUT2D eigenvalue weighted by atomic mass is 9.61. The van der Waals surface area contributed by atoms with Gasteiger partial charge in [-0.1, -0.05) is 19.4 Å². The zero-order chi connectivity index (χ0) is 14.4. The number of fused-ring (bicyclic) bond motifs is 1. The highest BCUT2D eigenvalue weighted by molar-refractivity contribution is 6.04. The van der Waals surface area contributed by atoms with Crippen molar-refractivity contribution >= 4 is 11.8 Å². The largest absolute Gasteiger partial charge is 0.504 e. The fourth-order valence-corrected chi connectivity index (χ4v) is 2.93. The molecule has 2 N–H and O–H groups in total. The summed E-state index contributed by atoms with van der Waals surface area (Å²) in [5, 5.41) is 19.7. The van der Waals surface area contributed by atoms with Crippen LogP contribution in [0.5, 0.6) is 0 Å². The van der Waals surface area contributed by atoms with Crippen LogP contribution in [0.15, 0.2) is 23.5 Å².